The Kier molecular flexibility index (Phi) is 2.78. The molecule has 0 saturated heterocycles. The maximum Gasteiger partial charge on any atom is 0.337 e. The number of rotatable bonds is 2. The lowest BCUT2D eigenvalue weighted by Gasteiger charge is -2.09. The first kappa shape index (κ1) is 11.1. The van der Waals surface area contributed by atoms with Gasteiger partial charge in [0.05, 0.1) is 11.3 Å². The molecule has 2 aromatic rings. The molecule has 0 bridgehead atoms. The Labute approximate surface area is 97.8 Å². The summed E-state index contributed by atoms with van der Waals surface area (Å²) in [6.45, 7) is 1.70. The molecule has 0 aliphatic carbocycles. The minimum atomic E-state index is -1.05. The zero-order valence-electron chi connectivity index (χ0n) is 9.25. The number of para-hydroxylation sites is 1. The first-order valence-corrected chi connectivity index (χ1v) is 5.12. The second kappa shape index (κ2) is 4.25. The third-order valence-corrected chi connectivity index (χ3v) is 2.53. The van der Waals surface area contributed by atoms with Crippen molar-refractivity contribution in [2.24, 2.45) is 0 Å². The van der Waals surface area contributed by atoms with Crippen LogP contribution in [0, 0.1) is 6.92 Å². The summed E-state index contributed by atoms with van der Waals surface area (Å²) in [4.78, 5) is 23.0. The van der Waals surface area contributed by atoms with Crippen LogP contribution in [0.4, 0.5) is 0 Å². The zero-order valence-corrected chi connectivity index (χ0v) is 9.25. The quantitative estimate of drug-likeness (QED) is 0.854. The Morgan fingerprint density at radius 2 is 1.88 bits per heavy atom. The molecule has 2 rings (SSSR count). The van der Waals surface area contributed by atoms with Crippen molar-refractivity contribution in [1.82, 2.24) is 4.57 Å². The van der Waals surface area contributed by atoms with Gasteiger partial charge in [-0.1, -0.05) is 18.2 Å². The van der Waals surface area contributed by atoms with Gasteiger partial charge in [-0.25, -0.2) is 4.79 Å². The van der Waals surface area contributed by atoms with E-state index >= 15 is 0 Å². The second-order valence-corrected chi connectivity index (χ2v) is 3.69. The number of hydrogen-bond donors (Lipinski definition) is 1. The molecule has 0 unspecified atom stereocenters. The number of aryl methyl sites for hydroxylation is 1. The Morgan fingerprint density at radius 1 is 1.18 bits per heavy atom. The lowest BCUT2D eigenvalue weighted by molar-refractivity contribution is 0.0697. The smallest absolute Gasteiger partial charge is 0.337 e. The van der Waals surface area contributed by atoms with Crippen LogP contribution in [0.3, 0.4) is 0 Å². The normalized spacial score (nSPS) is 10.2. The van der Waals surface area contributed by atoms with Crippen LogP contribution in [0.25, 0.3) is 5.69 Å². The van der Waals surface area contributed by atoms with Gasteiger partial charge in [0.15, 0.2) is 0 Å². The number of carbonyl (C=O) groups is 1. The van der Waals surface area contributed by atoms with Crippen LogP contribution in [0.1, 0.15) is 15.9 Å². The molecule has 17 heavy (non-hydrogen) atoms. The molecule has 1 aromatic carbocycles. The summed E-state index contributed by atoms with van der Waals surface area (Å²) in [5, 5.41) is 9.07. The van der Waals surface area contributed by atoms with E-state index in [-0.39, 0.29) is 11.1 Å². The van der Waals surface area contributed by atoms with Gasteiger partial charge in [-0.2, -0.15) is 0 Å². The van der Waals surface area contributed by atoms with E-state index in [4.69, 9.17) is 5.11 Å². The fourth-order valence-electron chi connectivity index (χ4n) is 1.66. The van der Waals surface area contributed by atoms with E-state index in [1.54, 1.807) is 43.5 Å². The molecule has 1 N–H and O–H groups in total. The standard InChI is InChI=1S/C13H11NO3/c1-9-5-4-8-14(12(9)15)11-7-3-2-6-10(11)13(16)17/h2-8H,1H3,(H,16,17). The predicted molar refractivity (Wildman–Crippen MR) is 63.7 cm³/mol. The van der Waals surface area contributed by atoms with Crippen LogP contribution in [-0.4, -0.2) is 15.6 Å². The maximum absolute atomic E-state index is 11.9. The van der Waals surface area contributed by atoms with Crippen molar-refractivity contribution >= 4 is 5.97 Å². The average molecular weight is 229 g/mol. The van der Waals surface area contributed by atoms with Crippen molar-refractivity contribution in [2.75, 3.05) is 0 Å². The topological polar surface area (TPSA) is 59.3 Å². The van der Waals surface area contributed by atoms with Gasteiger partial charge in [-0.15, -0.1) is 0 Å². The van der Waals surface area contributed by atoms with Crippen molar-refractivity contribution in [2.45, 2.75) is 6.92 Å². The molecule has 0 fully saturated rings. The molecule has 0 atom stereocenters. The van der Waals surface area contributed by atoms with Crippen molar-refractivity contribution in [3.63, 3.8) is 0 Å². The van der Waals surface area contributed by atoms with Crippen LogP contribution in [0.15, 0.2) is 47.4 Å². The Morgan fingerprint density at radius 3 is 2.59 bits per heavy atom. The van der Waals surface area contributed by atoms with Crippen molar-refractivity contribution in [3.05, 3.63) is 64.1 Å². The van der Waals surface area contributed by atoms with Crippen LogP contribution < -0.4 is 5.56 Å². The third kappa shape index (κ3) is 1.97. The summed E-state index contributed by atoms with van der Waals surface area (Å²) in [5.41, 5.74) is 0.864. The van der Waals surface area contributed by atoms with E-state index in [1.165, 1.54) is 10.6 Å². The molecule has 0 aliphatic heterocycles. The first-order chi connectivity index (χ1) is 8.11. The number of carboxylic acids is 1. The number of nitrogens with zero attached hydrogens (tertiary/aromatic N) is 1. The van der Waals surface area contributed by atoms with Gasteiger partial charge in [0, 0.05) is 11.8 Å². The largest absolute Gasteiger partial charge is 0.478 e. The highest BCUT2D eigenvalue weighted by Gasteiger charge is 2.11. The summed E-state index contributed by atoms with van der Waals surface area (Å²) in [6.07, 6.45) is 1.57. The maximum atomic E-state index is 11.9. The minimum Gasteiger partial charge on any atom is -0.478 e. The Balaban J connectivity index is 2.73. The van der Waals surface area contributed by atoms with Gasteiger partial charge in [-0.3, -0.25) is 9.36 Å². The first-order valence-electron chi connectivity index (χ1n) is 5.12. The molecule has 4 nitrogen and oxygen atoms in total. The van der Waals surface area contributed by atoms with Gasteiger partial charge < -0.3 is 5.11 Å². The molecule has 1 heterocycles. The van der Waals surface area contributed by atoms with Crippen LogP contribution in [0.2, 0.25) is 0 Å². The fourth-order valence-corrected chi connectivity index (χ4v) is 1.66. The summed E-state index contributed by atoms with van der Waals surface area (Å²) < 4.78 is 1.35. The van der Waals surface area contributed by atoms with E-state index in [0.29, 0.717) is 11.3 Å². The molecule has 0 amide bonds. The summed E-state index contributed by atoms with van der Waals surface area (Å²) >= 11 is 0. The third-order valence-electron chi connectivity index (χ3n) is 2.53. The van der Waals surface area contributed by atoms with Gasteiger partial charge >= 0.3 is 5.97 Å². The number of benzene rings is 1. The van der Waals surface area contributed by atoms with Crippen molar-refractivity contribution < 1.29 is 9.90 Å². The zero-order chi connectivity index (χ0) is 12.4. The predicted octanol–water partition coefficient (Wildman–Crippen LogP) is 1.84. The van der Waals surface area contributed by atoms with E-state index < -0.39 is 5.97 Å². The highest BCUT2D eigenvalue weighted by molar-refractivity contribution is 5.91. The molecule has 4 heteroatoms. The second-order valence-electron chi connectivity index (χ2n) is 3.69. The molecular weight excluding hydrogens is 218 g/mol. The van der Waals surface area contributed by atoms with E-state index in [9.17, 15) is 9.59 Å². The fraction of sp³-hybridized carbons (Fsp3) is 0.0769. The van der Waals surface area contributed by atoms with Crippen LogP contribution >= 0.6 is 0 Å². The van der Waals surface area contributed by atoms with Gasteiger partial charge in [-0.05, 0) is 25.1 Å². The summed E-state index contributed by atoms with van der Waals surface area (Å²) in [5.74, 6) is -1.05. The summed E-state index contributed by atoms with van der Waals surface area (Å²) in [6, 6.07) is 9.85. The Hall–Kier alpha value is -2.36. The highest BCUT2D eigenvalue weighted by atomic mass is 16.4. The van der Waals surface area contributed by atoms with Crippen molar-refractivity contribution in [1.29, 1.82) is 0 Å². The van der Waals surface area contributed by atoms with Gasteiger partial charge in [0.1, 0.15) is 0 Å². The van der Waals surface area contributed by atoms with Gasteiger partial charge in [0.25, 0.3) is 5.56 Å². The molecule has 0 radical (unpaired) electrons. The van der Waals surface area contributed by atoms with Gasteiger partial charge in [0.2, 0.25) is 0 Å². The van der Waals surface area contributed by atoms with E-state index in [2.05, 4.69) is 0 Å². The molecule has 0 spiro atoms. The number of pyridine rings is 1. The number of carboxylic acid groups (broad SMARTS) is 1. The minimum absolute atomic E-state index is 0.111. The molecule has 0 aliphatic rings. The molecule has 86 valence electrons. The summed E-state index contributed by atoms with van der Waals surface area (Å²) in [7, 11) is 0. The van der Waals surface area contributed by atoms with Crippen molar-refractivity contribution in [3.8, 4) is 5.69 Å². The monoisotopic (exact) mass is 229 g/mol. The molecule has 1 aromatic heterocycles. The number of hydrogen-bond acceptors (Lipinski definition) is 2. The van der Waals surface area contributed by atoms with E-state index in [1.807, 2.05) is 0 Å². The lowest BCUT2D eigenvalue weighted by atomic mass is 10.1. The lowest BCUT2D eigenvalue weighted by Crippen LogP contribution is -2.21. The van der Waals surface area contributed by atoms with E-state index in [0.717, 1.165) is 0 Å². The van der Waals surface area contributed by atoms with Crippen LogP contribution in [0.5, 0.6) is 0 Å². The molecular formula is C13H11NO3. The SMILES string of the molecule is Cc1cccn(-c2ccccc2C(=O)O)c1=O. The Bertz CT molecular complexity index is 629. The van der Waals surface area contributed by atoms with Crippen LogP contribution in [-0.2, 0) is 0 Å². The number of aromatic nitrogens is 1. The number of aromatic carboxylic acids is 1. The molecule has 0 saturated carbocycles. The highest BCUT2D eigenvalue weighted by Crippen LogP contribution is 2.12. The average Bonchev–Trinajstić information content (AvgIpc) is 2.33.